The molecule has 2 unspecified atom stereocenters. The first kappa shape index (κ1) is 15.3. The van der Waals surface area contributed by atoms with Crippen molar-refractivity contribution in [2.24, 2.45) is 5.41 Å². The van der Waals surface area contributed by atoms with Gasteiger partial charge in [0.05, 0.1) is 0 Å². The monoisotopic (exact) mass is 268 g/mol. The lowest BCUT2D eigenvalue weighted by molar-refractivity contribution is 0.0994. The van der Waals surface area contributed by atoms with Gasteiger partial charge in [0, 0.05) is 19.6 Å². The molecule has 0 saturated carbocycles. The molecular weight excluding hydrogens is 236 g/mol. The van der Waals surface area contributed by atoms with Crippen LogP contribution in [0, 0.1) is 5.41 Å². The van der Waals surface area contributed by atoms with E-state index in [1.807, 2.05) is 0 Å². The molecule has 112 valence electrons. The summed E-state index contributed by atoms with van der Waals surface area (Å²) in [5.41, 5.74) is 0.633. The van der Waals surface area contributed by atoms with E-state index in [1.165, 1.54) is 45.3 Å². The van der Waals surface area contributed by atoms with Crippen LogP contribution in [0.15, 0.2) is 0 Å². The molecule has 3 heteroatoms. The topological polar surface area (TPSA) is 19.0 Å². The number of hydrogen-bond acceptors (Lipinski definition) is 3. The summed E-state index contributed by atoms with van der Waals surface area (Å²) < 4.78 is 5.89. The fourth-order valence-corrected chi connectivity index (χ4v) is 3.61. The van der Waals surface area contributed by atoms with Crippen molar-refractivity contribution in [1.29, 1.82) is 0 Å². The molecule has 2 heterocycles. The van der Waals surface area contributed by atoms with E-state index in [-0.39, 0.29) is 5.60 Å². The lowest BCUT2D eigenvalue weighted by atomic mass is 9.84. The summed E-state index contributed by atoms with van der Waals surface area (Å²) in [7, 11) is 2.21. The van der Waals surface area contributed by atoms with Gasteiger partial charge in [-0.05, 0) is 45.2 Å². The molecule has 0 aliphatic carbocycles. The van der Waals surface area contributed by atoms with E-state index in [4.69, 9.17) is 4.74 Å². The molecule has 0 bridgehead atoms. The van der Waals surface area contributed by atoms with Crippen molar-refractivity contribution in [1.82, 2.24) is 9.80 Å². The largest absolute Gasteiger partial charge is 0.350 e. The summed E-state index contributed by atoms with van der Waals surface area (Å²) in [6, 6.07) is 0. The fraction of sp³-hybridized carbons (Fsp3) is 1.00. The number of hydrogen-bond donors (Lipinski definition) is 0. The Kier molecular flexibility index (Phi) is 4.59. The minimum atomic E-state index is 0.130. The predicted molar refractivity (Wildman–Crippen MR) is 80.3 cm³/mol. The molecule has 3 nitrogen and oxygen atoms in total. The lowest BCUT2D eigenvalue weighted by Gasteiger charge is -2.38. The third-order valence-corrected chi connectivity index (χ3v) is 4.74. The van der Waals surface area contributed by atoms with Crippen molar-refractivity contribution in [3.8, 4) is 0 Å². The van der Waals surface area contributed by atoms with Crippen molar-refractivity contribution >= 4 is 0 Å². The Morgan fingerprint density at radius 1 is 1.32 bits per heavy atom. The summed E-state index contributed by atoms with van der Waals surface area (Å²) in [4.78, 5) is 5.02. The van der Waals surface area contributed by atoms with Crippen LogP contribution in [0.1, 0.15) is 53.4 Å². The Morgan fingerprint density at radius 3 is 2.68 bits per heavy atom. The highest BCUT2D eigenvalue weighted by atomic mass is 16.6. The number of likely N-dealkylation sites (tertiary alicyclic amines) is 1. The van der Waals surface area contributed by atoms with Crippen molar-refractivity contribution in [2.45, 2.75) is 65.2 Å². The third kappa shape index (κ3) is 3.93. The Hall–Kier alpha value is -0.120. The van der Waals surface area contributed by atoms with E-state index in [2.05, 4.69) is 44.5 Å². The minimum absolute atomic E-state index is 0.130. The number of rotatable bonds is 6. The molecule has 2 atom stereocenters. The molecule has 2 rings (SSSR count). The number of epoxide rings is 1. The van der Waals surface area contributed by atoms with E-state index < -0.39 is 0 Å². The van der Waals surface area contributed by atoms with Crippen LogP contribution >= 0.6 is 0 Å². The van der Waals surface area contributed by atoms with Crippen molar-refractivity contribution in [2.75, 3.05) is 33.2 Å². The highest BCUT2D eigenvalue weighted by Crippen LogP contribution is 2.41. The number of piperidine rings is 1. The van der Waals surface area contributed by atoms with Crippen molar-refractivity contribution < 1.29 is 4.74 Å². The second kappa shape index (κ2) is 5.71. The molecule has 0 N–H and O–H groups in total. The van der Waals surface area contributed by atoms with Gasteiger partial charge in [-0.25, -0.2) is 0 Å². The van der Waals surface area contributed by atoms with Gasteiger partial charge in [-0.3, -0.25) is 4.90 Å². The van der Waals surface area contributed by atoms with Crippen molar-refractivity contribution in [3.05, 3.63) is 0 Å². The van der Waals surface area contributed by atoms with E-state index >= 15 is 0 Å². The molecule has 0 radical (unpaired) electrons. The van der Waals surface area contributed by atoms with Crippen LogP contribution in [0.4, 0.5) is 0 Å². The summed E-state index contributed by atoms with van der Waals surface area (Å²) >= 11 is 0. The molecule has 0 aromatic heterocycles. The molecule has 2 saturated heterocycles. The molecule has 19 heavy (non-hydrogen) atoms. The molecule has 0 spiro atoms. The zero-order chi connectivity index (χ0) is 14.1. The average molecular weight is 268 g/mol. The Morgan fingerprint density at radius 2 is 2.05 bits per heavy atom. The van der Waals surface area contributed by atoms with E-state index in [9.17, 15) is 0 Å². The SMILES string of the molecule is CCCC1(C)OC1N(C)CCN1CCCC(C)(C)C1. The Balaban J connectivity index is 1.71. The van der Waals surface area contributed by atoms with Crippen LogP contribution < -0.4 is 0 Å². The first-order valence-electron chi connectivity index (χ1n) is 7.97. The maximum absolute atomic E-state index is 5.89. The predicted octanol–water partition coefficient (Wildman–Crippen LogP) is 2.96. The highest BCUT2D eigenvalue weighted by Gasteiger charge is 2.53. The Bertz CT molecular complexity index is 305. The third-order valence-electron chi connectivity index (χ3n) is 4.74. The van der Waals surface area contributed by atoms with Gasteiger partial charge in [0.1, 0.15) is 11.8 Å². The first-order chi connectivity index (χ1) is 8.86. The number of nitrogens with zero attached hydrogens (tertiary/aromatic N) is 2. The van der Waals surface area contributed by atoms with Crippen LogP contribution in [-0.4, -0.2) is 54.9 Å². The van der Waals surface area contributed by atoms with E-state index in [0.29, 0.717) is 11.6 Å². The normalized spacial score (nSPS) is 34.7. The quantitative estimate of drug-likeness (QED) is 0.690. The van der Waals surface area contributed by atoms with Gasteiger partial charge in [-0.15, -0.1) is 0 Å². The molecular formula is C16H32N2O. The molecule has 0 amide bonds. The summed E-state index contributed by atoms with van der Waals surface area (Å²) in [6.07, 6.45) is 5.47. The van der Waals surface area contributed by atoms with Crippen LogP contribution in [0.25, 0.3) is 0 Å². The maximum Gasteiger partial charge on any atom is 0.140 e. The van der Waals surface area contributed by atoms with Crippen LogP contribution in [0.3, 0.4) is 0 Å². The van der Waals surface area contributed by atoms with Crippen LogP contribution in [0.5, 0.6) is 0 Å². The molecule has 0 aromatic carbocycles. The van der Waals surface area contributed by atoms with Gasteiger partial charge in [0.25, 0.3) is 0 Å². The van der Waals surface area contributed by atoms with Gasteiger partial charge in [-0.2, -0.15) is 0 Å². The number of ether oxygens (including phenoxy) is 1. The average Bonchev–Trinajstić information content (AvgIpc) is 2.97. The van der Waals surface area contributed by atoms with Gasteiger partial charge in [0.2, 0.25) is 0 Å². The highest BCUT2D eigenvalue weighted by molar-refractivity contribution is 4.97. The second-order valence-electron chi connectivity index (χ2n) is 7.56. The number of likely N-dealkylation sites (N-methyl/N-ethyl adjacent to an activating group) is 1. The van der Waals surface area contributed by atoms with Gasteiger partial charge in [-0.1, -0.05) is 27.2 Å². The molecule has 0 aromatic rings. The zero-order valence-electron chi connectivity index (χ0n) is 13.5. The smallest absolute Gasteiger partial charge is 0.140 e. The summed E-state index contributed by atoms with van der Waals surface area (Å²) in [6.45, 7) is 14.1. The maximum atomic E-state index is 5.89. The molecule has 2 aliphatic heterocycles. The van der Waals surface area contributed by atoms with Gasteiger partial charge >= 0.3 is 0 Å². The Labute approximate surface area is 119 Å². The fourth-order valence-electron chi connectivity index (χ4n) is 3.61. The van der Waals surface area contributed by atoms with Gasteiger partial charge in [0.15, 0.2) is 0 Å². The van der Waals surface area contributed by atoms with Crippen molar-refractivity contribution in [3.63, 3.8) is 0 Å². The molecule has 2 fully saturated rings. The van der Waals surface area contributed by atoms with Gasteiger partial charge < -0.3 is 9.64 Å². The van der Waals surface area contributed by atoms with E-state index in [0.717, 1.165) is 6.54 Å². The van der Waals surface area contributed by atoms with Crippen LogP contribution in [-0.2, 0) is 4.74 Å². The van der Waals surface area contributed by atoms with Crippen LogP contribution in [0.2, 0.25) is 0 Å². The summed E-state index contributed by atoms with van der Waals surface area (Å²) in [5, 5.41) is 0. The second-order valence-corrected chi connectivity index (χ2v) is 7.56. The first-order valence-corrected chi connectivity index (χ1v) is 7.97. The van der Waals surface area contributed by atoms with E-state index in [1.54, 1.807) is 0 Å². The standard InChI is InChI=1S/C16H32N2O/c1-6-8-16(4)14(19-16)17(5)11-12-18-10-7-9-15(2,3)13-18/h14H,6-13H2,1-5H3. The lowest BCUT2D eigenvalue weighted by Crippen LogP contribution is -2.44. The zero-order valence-corrected chi connectivity index (χ0v) is 13.5. The minimum Gasteiger partial charge on any atom is -0.350 e. The summed E-state index contributed by atoms with van der Waals surface area (Å²) in [5.74, 6) is 0. The molecule has 2 aliphatic rings.